The van der Waals surface area contributed by atoms with E-state index in [1.807, 2.05) is 6.92 Å². The van der Waals surface area contributed by atoms with Gasteiger partial charge in [0.25, 0.3) is 0 Å². The minimum atomic E-state index is -0.444. The first-order valence-electron chi connectivity index (χ1n) is 4.56. The van der Waals surface area contributed by atoms with Crippen LogP contribution >= 0.6 is 22.9 Å². The van der Waals surface area contributed by atoms with E-state index in [4.69, 9.17) is 11.6 Å². The van der Waals surface area contributed by atoms with Gasteiger partial charge in [-0.1, -0.05) is 18.3 Å². The van der Waals surface area contributed by atoms with Crippen molar-refractivity contribution in [3.8, 4) is 0 Å². The summed E-state index contributed by atoms with van der Waals surface area (Å²) < 4.78 is 4.62. The zero-order valence-electron chi connectivity index (χ0n) is 8.87. The third-order valence-corrected chi connectivity index (χ3v) is 3.01. The third-order valence-electron chi connectivity index (χ3n) is 1.77. The van der Waals surface area contributed by atoms with Crippen LogP contribution in [0.5, 0.6) is 0 Å². The average Bonchev–Trinajstić information content (AvgIpc) is 2.70. The predicted octanol–water partition coefficient (Wildman–Crippen LogP) is 1.67. The summed E-state index contributed by atoms with van der Waals surface area (Å²) in [5.74, 6) is -0.940. The molecule has 0 saturated heterocycles. The van der Waals surface area contributed by atoms with Gasteiger partial charge in [0.15, 0.2) is 5.13 Å². The molecule has 1 heterocycles. The highest BCUT2D eigenvalue weighted by atomic mass is 35.5. The lowest BCUT2D eigenvalue weighted by Crippen LogP contribution is -2.12. The summed E-state index contributed by atoms with van der Waals surface area (Å²) in [7, 11) is 1.30. The Morgan fingerprint density at radius 1 is 1.56 bits per heavy atom. The second-order valence-electron chi connectivity index (χ2n) is 2.82. The minimum Gasteiger partial charge on any atom is -0.465 e. The summed E-state index contributed by atoms with van der Waals surface area (Å²) in [5, 5.41) is 2.86. The number of ether oxygens (including phenoxy) is 1. The number of anilines is 1. The number of methoxy groups -OCH3 is 1. The van der Waals surface area contributed by atoms with Crippen LogP contribution in [0.1, 0.15) is 22.3 Å². The fraction of sp³-hybridized carbons (Fsp3) is 0.444. The number of carbonyl (C=O) groups is 2. The Kier molecular flexibility index (Phi) is 4.70. The number of carbonyl (C=O) groups excluding carboxylic acids is 2. The number of rotatable bonds is 4. The molecule has 1 N–H and O–H groups in total. The third kappa shape index (κ3) is 2.93. The van der Waals surface area contributed by atoms with Gasteiger partial charge in [-0.05, 0) is 6.42 Å². The number of thiazole rings is 1. The number of nitrogens with zero attached hydrogens (tertiary/aromatic N) is 1. The van der Waals surface area contributed by atoms with Gasteiger partial charge < -0.3 is 10.1 Å². The molecule has 0 spiro atoms. The van der Waals surface area contributed by atoms with Gasteiger partial charge in [-0.3, -0.25) is 4.79 Å². The Labute approximate surface area is 102 Å². The summed E-state index contributed by atoms with van der Waals surface area (Å²) in [6, 6.07) is 0. The molecule has 0 aliphatic rings. The Bertz CT molecular complexity index is 405. The van der Waals surface area contributed by atoms with Crippen LogP contribution < -0.4 is 5.32 Å². The molecule has 7 heteroatoms. The number of aromatic nitrogens is 1. The number of amides is 1. The topological polar surface area (TPSA) is 68.3 Å². The summed E-state index contributed by atoms with van der Waals surface area (Å²) >= 11 is 6.43. The van der Waals surface area contributed by atoms with Gasteiger partial charge >= 0.3 is 5.97 Å². The Morgan fingerprint density at radius 3 is 2.75 bits per heavy atom. The quantitative estimate of drug-likeness (QED) is 0.662. The zero-order chi connectivity index (χ0) is 12.1. The highest BCUT2D eigenvalue weighted by Gasteiger charge is 2.18. The van der Waals surface area contributed by atoms with Gasteiger partial charge in [0.1, 0.15) is 10.8 Å². The molecule has 88 valence electrons. The van der Waals surface area contributed by atoms with E-state index in [0.717, 1.165) is 11.3 Å². The maximum Gasteiger partial charge on any atom is 0.350 e. The molecule has 1 rings (SSSR count). The Balaban J connectivity index is 2.93. The van der Waals surface area contributed by atoms with E-state index in [1.165, 1.54) is 7.11 Å². The van der Waals surface area contributed by atoms with Crippen molar-refractivity contribution in [2.45, 2.75) is 13.3 Å². The molecule has 5 nitrogen and oxygen atoms in total. The van der Waals surface area contributed by atoms with Crippen LogP contribution in [-0.4, -0.2) is 29.9 Å². The van der Waals surface area contributed by atoms with Gasteiger partial charge in [0.2, 0.25) is 5.91 Å². The van der Waals surface area contributed by atoms with Crippen LogP contribution in [0.15, 0.2) is 0 Å². The highest BCUT2D eigenvalue weighted by molar-refractivity contribution is 7.17. The molecular weight excluding hydrogens is 252 g/mol. The van der Waals surface area contributed by atoms with Crippen molar-refractivity contribution in [1.29, 1.82) is 0 Å². The van der Waals surface area contributed by atoms with E-state index in [-0.39, 0.29) is 11.8 Å². The van der Waals surface area contributed by atoms with Crippen molar-refractivity contribution in [2.24, 2.45) is 0 Å². The number of halogens is 1. The molecule has 0 aromatic carbocycles. The molecule has 0 fully saturated rings. The number of alkyl halides is 1. The SMILES string of the molecule is CCc1nc(NC(=O)CCl)sc1C(=O)OC. The molecule has 1 aromatic heterocycles. The second-order valence-corrected chi connectivity index (χ2v) is 4.09. The molecular formula is C9H11ClN2O3S. The number of hydrogen-bond donors (Lipinski definition) is 1. The molecule has 0 atom stereocenters. The monoisotopic (exact) mass is 262 g/mol. The first-order chi connectivity index (χ1) is 7.62. The highest BCUT2D eigenvalue weighted by Crippen LogP contribution is 2.24. The molecule has 0 bridgehead atoms. The minimum absolute atomic E-state index is 0.144. The fourth-order valence-corrected chi connectivity index (χ4v) is 2.11. The van der Waals surface area contributed by atoms with Crippen molar-refractivity contribution in [2.75, 3.05) is 18.3 Å². The van der Waals surface area contributed by atoms with Crippen molar-refractivity contribution >= 4 is 39.9 Å². The van der Waals surface area contributed by atoms with E-state index < -0.39 is 5.97 Å². The summed E-state index contributed by atoms with van der Waals surface area (Å²) in [6.45, 7) is 1.87. The van der Waals surface area contributed by atoms with Crippen LogP contribution in [-0.2, 0) is 16.0 Å². The van der Waals surface area contributed by atoms with Gasteiger partial charge in [0.05, 0.1) is 12.8 Å². The molecule has 16 heavy (non-hydrogen) atoms. The average molecular weight is 263 g/mol. The lowest BCUT2D eigenvalue weighted by Gasteiger charge is -1.95. The first kappa shape index (κ1) is 12.9. The lowest BCUT2D eigenvalue weighted by atomic mass is 10.3. The Hall–Kier alpha value is -1.14. The van der Waals surface area contributed by atoms with E-state index in [0.29, 0.717) is 22.1 Å². The van der Waals surface area contributed by atoms with Gasteiger partial charge in [0, 0.05) is 0 Å². The lowest BCUT2D eigenvalue weighted by molar-refractivity contribution is -0.113. The van der Waals surface area contributed by atoms with Gasteiger partial charge in [-0.25, -0.2) is 9.78 Å². The summed E-state index contributed by atoms with van der Waals surface area (Å²) in [5.41, 5.74) is 0.613. The van der Waals surface area contributed by atoms with Crippen molar-refractivity contribution in [3.05, 3.63) is 10.6 Å². The maximum atomic E-state index is 11.4. The molecule has 0 aliphatic carbocycles. The van der Waals surface area contributed by atoms with Gasteiger partial charge in [-0.15, -0.1) is 11.6 Å². The van der Waals surface area contributed by atoms with Crippen LogP contribution in [0.2, 0.25) is 0 Å². The van der Waals surface area contributed by atoms with Crippen LogP contribution in [0, 0.1) is 0 Å². The molecule has 1 aromatic rings. The molecule has 0 aliphatic heterocycles. The molecule has 0 unspecified atom stereocenters. The molecule has 0 radical (unpaired) electrons. The largest absolute Gasteiger partial charge is 0.465 e. The fourth-order valence-electron chi connectivity index (χ4n) is 1.05. The van der Waals surface area contributed by atoms with Crippen LogP contribution in [0.4, 0.5) is 5.13 Å². The van der Waals surface area contributed by atoms with Crippen LogP contribution in [0.25, 0.3) is 0 Å². The Morgan fingerprint density at radius 2 is 2.25 bits per heavy atom. The molecule has 0 saturated carbocycles. The standard InChI is InChI=1S/C9H11ClN2O3S/c1-3-5-7(8(14)15-2)16-9(11-5)12-6(13)4-10/h3-4H2,1-2H3,(H,11,12,13). The number of esters is 1. The van der Waals surface area contributed by atoms with Crippen molar-refractivity contribution in [1.82, 2.24) is 4.98 Å². The number of hydrogen-bond acceptors (Lipinski definition) is 5. The zero-order valence-corrected chi connectivity index (χ0v) is 10.4. The normalized spacial score (nSPS) is 9.94. The van der Waals surface area contributed by atoms with E-state index in [2.05, 4.69) is 15.0 Å². The van der Waals surface area contributed by atoms with E-state index in [1.54, 1.807) is 0 Å². The van der Waals surface area contributed by atoms with Crippen molar-refractivity contribution in [3.63, 3.8) is 0 Å². The maximum absolute atomic E-state index is 11.4. The van der Waals surface area contributed by atoms with Crippen LogP contribution in [0.3, 0.4) is 0 Å². The van der Waals surface area contributed by atoms with E-state index >= 15 is 0 Å². The van der Waals surface area contributed by atoms with Gasteiger partial charge in [-0.2, -0.15) is 0 Å². The predicted molar refractivity (Wildman–Crippen MR) is 62.2 cm³/mol. The smallest absolute Gasteiger partial charge is 0.350 e. The number of nitrogens with one attached hydrogen (secondary N) is 1. The second kappa shape index (κ2) is 5.81. The molecule has 1 amide bonds. The number of aryl methyl sites for hydroxylation is 1. The summed E-state index contributed by atoms with van der Waals surface area (Å²) in [4.78, 5) is 26.9. The first-order valence-corrected chi connectivity index (χ1v) is 5.91. The van der Waals surface area contributed by atoms with Crippen molar-refractivity contribution < 1.29 is 14.3 Å². The summed E-state index contributed by atoms with van der Waals surface area (Å²) in [6.07, 6.45) is 0.595. The van der Waals surface area contributed by atoms with E-state index in [9.17, 15) is 9.59 Å².